The number of aromatic nitrogens is 3. The summed E-state index contributed by atoms with van der Waals surface area (Å²) in [4.78, 5) is 18.6. The van der Waals surface area contributed by atoms with Crippen LogP contribution in [0.15, 0.2) is 22.9 Å². The van der Waals surface area contributed by atoms with E-state index in [-0.39, 0.29) is 11.7 Å². The second-order valence-electron chi connectivity index (χ2n) is 3.97. The zero-order valence-corrected chi connectivity index (χ0v) is 9.91. The molecule has 0 atom stereocenters. The summed E-state index contributed by atoms with van der Waals surface area (Å²) >= 11 is 0. The van der Waals surface area contributed by atoms with Gasteiger partial charge in [-0.05, 0) is 12.1 Å². The molecule has 0 aliphatic heterocycles. The van der Waals surface area contributed by atoms with Crippen LogP contribution in [-0.2, 0) is 0 Å². The standard InChI is InChI=1S/C11H12N4O3/c1-6(2)10-14-9(15-18-10)7-3-4-12-8(5-7)13-11(16)17/h3-6H,1-2H3,(H,12,13)(H,16,17). The maximum atomic E-state index is 10.5. The Labute approximate surface area is 103 Å². The second-order valence-corrected chi connectivity index (χ2v) is 3.97. The molecule has 0 unspecified atom stereocenters. The van der Waals surface area contributed by atoms with Crippen LogP contribution in [0.1, 0.15) is 25.7 Å². The SMILES string of the molecule is CC(C)c1nc(-c2ccnc(NC(=O)O)c2)no1. The lowest BCUT2D eigenvalue weighted by Gasteiger charge is -2.00. The Morgan fingerprint density at radius 1 is 1.50 bits per heavy atom. The van der Waals surface area contributed by atoms with Gasteiger partial charge in [-0.3, -0.25) is 5.32 Å². The Bertz CT molecular complexity index is 565. The molecule has 0 fully saturated rings. The van der Waals surface area contributed by atoms with Crippen LogP contribution in [0.5, 0.6) is 0 Å². The molecule has 94 valence electrons. The van der Waals surface area contributed by atoms with Gasteiger partial charge in [-0.15, -0.1) is 0 Å². The fourth-order valence-electron chi connectivity index (χ4n) is 1.33. The van der Waals surface area contributed by atoms with Gasteiger partial charge in [-0.25, -0.2) is 9.78 Å². The highest BCUT2D eigenvalue weighted by atomic mass is 16.5. The van der Waals surface area contributed by atoms with Crippen LogP contribution in [0, 0.1) is 0 Å². The third-order valence-corrected chi connectivity index (χ3v) is 2.19. The van der Waals surface area contributed by atoms with Crippen LogP contribution in [0.3, 0.4) is 0 Å². The maximum Gasteiger partial charge on any atom is 0.410 e. The van der Waals surface area contributed by atoms with E-state index >= 15 is 0 Å². The number of carboxylic acid groups (broad SMARTS) is 1. The topological polar surface area (TPSA) is 101 Å². The number of nitrogens with zero attached hydrogens (tertiary/aromatic N) is 3. The summed E-state index contributed by atoms with van der Waals surface area (Å²) in [6.07, 6.45) is 0.307. The number of pyridine rings is 1. The third kappa shape index (κ3) is 2.62. The minimum Gasteiger partial charge on any atom is -0.465 e. The number of anilines is 1. The molecule has 7 nitrogen and oxygen atoms in total. The van der Waals surface area contributed by atoms with Crippen molar-refractivity contribution in [2.45, 2.75) is 19.8 Å². The summed E-state index contributed by atoms with van der Waals surface area (Å²) in [5.41, 5.74) is 0.643. The monoisotopic (exact) mass is 248 g/mol. The lowest BCUT2D eigenvalue weighted by Crippen LogP contribution is -2.08. The molecule has 18 heavy (non-hydrogen) atoms. The van der Waals surface area contributed by atoms with Crippen molar-refractivity contribution in [2.75, 3.05) is 5.32 Å². The van der Waals surface area contributed by atoms with Crippen molar-refractivity contribution in [1.82, 2.24) is 15.1 Å². The molecule has 0 saturated carbocycles. The first kappa shape index (κ1) is 12.0. The van der Waals surface area contributed by atoms with Gasteiger partial charge in [0.05, 0.1) is 0 Å². The van der Waals surface area contributed by atoms with E-state index in [1.165, 1.54) is 6.20 Å². The van der Waals surface area contributed by atoms with Gasteiger partial charge in [0.1, 0.15) is 5.82 Å². The Balaban J connectivity index is 2.29. The van der Waals surface area contributed by atoms with E-state index in [1.54, 1.807) is 12.1 Å². The van der Waals surface area contributed by atoms with Crippen LogP contribution >= 0.6 is 0 Å². The normalized spacial score (nSPS) is 10.6. The van der Waals surface area contributed by atoms with Gasteiger partial charge >= 0.3 is 6.09 Å². The Morgan fingerprint density at radius 3 is 2.89 bits per heavy atom. The van der Waals surface area contributed by atoms with E-state index in [4.69, 9.17) is 9.63 Å². The molecule has 2 rings (SSSR count). The number of hydrogen-bond acceptors (Lipinski definition) is 5. The summed E-state index contributed by atoms with van der Waals surface area (Å²) in [6, 6.07) is 3.23. The van der Waals surface area contributed by atoms with E-state index in [0.29, 0.717) is 17.3 Å². The molecule has 0 radical (unpaired) electrons. The molecule has 2 heterocycles. The minimum absolute atomic E-state index is 0.143. The van der Waals surface area contributed by atoms with E-state index in [0.717, 1.165) is 0 Å². The molecular weight excluding hydrogens is 236 g/mol. The zero-order chi connectivity index (χ0) is 13.1. The number of nitrogens with one attached hydrogen (secondary N) is 1. The quantitative estimate of drug-likeness (QED) is 0.864. The largest absolute Gasteiger partial charge is 0.465 e. The highest BCUT2D eigenvalue weighted by Gasteiger charge is 2.12. The third-order valence-electron chi connectivity index (χ3n) is 2.19. The van der Waals surface area contributed by atoms with E-state index in [1.807, 2.05) is 13.8 Å². The fraction of sp³-hybridized carbons (Fsp3) is 0.273. The predicted octanol–water partition coefficient (Wildman–Crippen LogP) is 2.34. The second kappa shape index (κ2) is 4.82. The molecule has 0 aromatic carbocycles. The van der Waals surface area contributed by atoms with Crippen molar-refractivity contribution in [3.05, 3.63) is 24.2 Å². The van der Waals surface area contributed by atoms with Gasteiger partial charge in [-0.2, -0.15) is 4.98 Å². The van der Waals surface area contributed by atoms with E-state index < -0.39 is 6.09 Å². The first-order valence-electron chi connectivity index (χ1n) is 5.36. The van der Waals surface area contributed by atoms with Crippen LogP contribution in [0.2, 0.25) is 0 Å². The van der Waals surface area contributed by atoms with Gasteiger partial charge in [0.2, 0.25) is 11.7 Å². The van der Waals surface area contributed by atoms with Crippen molar-refractivity contribution < 1.29 is 14.4 Å². The van der Waals surface area contributed by atoms with Crippen LogP contribution < -0.4 is 5.32 Å². The smallest absolute Gasteiger partial charge is 0.410 e. The van der Waals surface area contributed by atoms with Gasteiger partial charge in [0, 0.05) is 17.7 Å². The molecule has 0 saturated heterocycles. The van der Waals surface area contributed by atoms with E-state index in [9.17, 15) is 4.79 Å². The fourth-order valence-corrected chi connectivity index (χ4v) is 1.33. The summed E-state index contributed by atoms with van der Waals surface area (Å²) in [5, 5.41) is 14.6. The number of carbonyl (C=O) groups is 1. The molecule has 1 amide bonds. The van der Waals surface area contributed by atoms with Gasteiger partial charge in [0.15, 0.2) is 0 Å². The molecular formula is C11H12N4O3. The Morgan fingerprint density at radius 2 is 2.28 bits per heavy atom. The maximum absolute atomic E-state index is 10.5. The van der Waals surface area contributed by atoms with Crippen LogP contribution in [0.25, 0.3) is 11.4 Å². The first-order valence-corrected chi connectivity index (χ1v) is 5.36. The van der Waals surface area contributed by atoms with Gasteiger partial charge < -0.3 is 9.63 Å². The van der Waals surface area contributed by atoms with Crippen LogP contribution in [-0.4, -0.2) is 26.3 Å². The van der Waals surface area contributed by atoms with Crippen molar-refractivity contribution in [3.63, 3.8) is 0 Å². The molecule has 2 aromatic heterocycles. The molecule has 0 aliphatic rings. The average Bonchev–Trinajstić information content (AvgIpc) is 2.77. The molecule has 2 aromatic rings. The molecule has 2 N–H and O–H groups in total. The lowest BCUT2D eigenvalue weighted by molar-refractivity contribution is 0.209. The lowest BCUT2D eigenvalue weighted by atomic mass is 10.2. The van der Waals surface area contributed by atoms with Crippen LogP contribution in [0.4, 0.5) is 10.6 Å². The predicted molar refractivity (Wildman–Crippen MR) is 63.3 cm³/mol. The molecule has 0 bridgehead atoms. The first-order chi connectivity index (χ1) is 8.56. The molecule has 0 spiro atoms. The van der Waals surface area contributed by atoms with Crippen molar-refractivity contribution >= 4 is 11.9 Å². The Kier molecular flexibility index (Phi) is 3.22. The van der Waals surface area contributed by atoms with Gasteiger partial charge in [0.25, 0.3) is 0 Å². The summed E-state index contributed by atoms with van der Waals surface area (Å²) in [5.74, 6) is 1.31. The Hall–Kier alpha value is -2.44. The van der Waals surface area contributed by atoms with Crippen molar-refractivity contribution in [1.29, 1.82) is 0 Å². The van der Waals surface area contributed by atoms with E-state index in [2.05, 4.69) is 20.4 Å². The molecule has 7 heteroatoms. The zero-order valence-electron chi connectivity index (χ0n) is 9.91. The van der Waals surface area contributed by atoms with Crippen molar-refractivity contribution in [2.24, 2.45) is 0 Å². The summed E-state index contributed by atoms with van der Waals surface area (Å²) in [6.45, 7) is 3.89. The molecule has 0 aliphatic carbocycles. The van der Waals surface area contributed by atoms with Crippen molar-refractivity contribution in [3.8, 4) is 11.4 Å². The number of amides is 1. The number of rotatable bonds is 3. The highest BCUT2D eigenvalue weighted by molar-refractivity contribution is 5.82. The summed E-state index contributed by atoms with van der Waals surface area (Å²) < 4.78 is 5.08. The average molecular weight is 248 g/mol. The number of hydrogen-bond donors (Lipinski definition) is 2. The van der Waals surface area contributed by atoms with Gasteiger partial charge in [-0.1, -0.05) is 19.0 Å². The summed E-state index contributed by atoms with van der Waals surface area (Å²) in [7, 11) is 0. The minimum atomic E-state index is -1.17. The highest BCUT2D eigenvalue weighted by Crippen LogP contribution is 2.20.